The minimum Gasteiger partial charge on any atom is -0.217 e. The molecule has 62 valence electrons. The minimum atomic E-state index is 1.25. The lowest BCUT2D eigenvalue weighted by Crippen LogP contribution is -1.96. The lowest BCUT2D eigenvalue weighted by molar-refractivity contribution is -0.375. The van der Waals surface area contributed by atoms with Crippen LogP contribution in [0.1, 0.15) is 13.8 Å². The van der Waals surface area contributed by atoms with Gasteiger partial charge in [0.2, 0.25) is 0 Å². The SMILES string of the molecule is CC.c1ccc2c[nH+]ccc2c1. The monoisotopic (exact) mass is 160 g/mol. The van der Waals surface area contributed by atoms with Crippen molar-refractivity contribution in [2.45, 2.75) is 13.8 Å². The van der Waals surface area contributed by atoms with Crippen LogP contribution < -0.4 is 4.98 Å². The second kappa shape index (κ2) is 4.50. The molecule has 0 aliphatic carbocycles. The Labute approximate surface area is 73.1 Å². The summed E-state index contributed by atoms with van der Waals surface area (Å²) >= 11 is 0. The van der Waals surface area contributed by atoms with Crippen LogP contribution in [0.2, 0.25) is 0 Å². The highest BCUT2D eigenvalue weighted by Gasteiger charge is 1.90. The summed E-state index contributed by atoms with van der Waals surface area (Å²) in [6, 6.07) is 10.3. The number of pyridine rings is 1. The molecule has 0 aliphatic heterocycles. The van der Waals surface area contributed by atoms with Crippen LogP contribution in [0.4, 0.5) is 0 Å². The Morgan fingerprint density at radius 3 is 2.25 bits per heavy atom. The molecule has 0 unspecified atom stereocenters. The third kappa shape index (κ3) is 1.82. The molecule has 2 rings (SSSR count). The zero-order valence-corrected chi connectivity index (χ0v) is 7.54. The van der Waals surface area contributed by atoms with E-state index in [0.717, 1.165) is 0 Å². The third-order valence-electron chi connectivity index (χ3n) is 1.59. The molecule has 1 heterocycles. The molecule has 1 aromatic carbocycles. The fourth-order valence-electron chi connectivity index (χ4n) is 1.07. The number of hydrogen-bond donors (Lipinski definition) is 0. The molecule has 0 radical (unpaired) electrons. The van der Waals surface area contributed by atoms with E-state index in [1.54, 1.807) is 0 Å². The summed E-state index contributed by atoms with van der Waals surface area (Å²) in [5, 5.41) is 2.53. The van der Waals surface area contributed by atoms with Gasteiger partial charge < -0.3 is 0 Å². The average molecular weight is 160 g/mol. The van der Waals surface area contributed by atoms with Crippen LogP contribution in [-0.4, -0.2) is 0 Å². The van der Waals surface area contributed by atoms with Crippen LogP contribution in [0.25, 0.3) is 10.8 Å². The van der Waals surface area contributed by atoms with Crippen molar-refractivity contribution in [2.24, 2.45) is 0 Å². The summed E-state index contributed by atoms with van der Waals surface area (Å²) < 4.78 is 0. The molecular formula is C11H14N+. The number of aromatic amines is 1. The van der Waals surface area contributed by atoms with Crippen LogP contribution in [0.5, 0.6) is 0 Å². The number of rotatable bonds is 0. The molecule has 0 atom stereocenters. The zero-order valence-electron chi connectivity index (χ0n) is 7.54. The number of nitrogens with one attached hydrogen (secondary N) is 1. The minimum absolute atomic E-state index is 1.25. The standard InChI is InChI=1S/C9H7N.C2H6/c1-2-4-9-7-10-6-5-8(9)3-1;1-2/h1-7H;1-2H3/p+1. The van der Waals surface area contributed by atoms with Gasteiger partial charge in [-0.1, -0.05) is 32.0 Å². The average Bonchev–Trinajstić information content (AvgIpc) is 2.21. The molecule has 2 aromatic rings. The van der Waals surface area contributed by atoms with Crippen molar-refractivity contribution in [3.63, 3.8) is 0 Å². The molecule has 1 heteroatoms. The molecule has 0 spiro atoms. The van der Waals surface area contributed by atoms with Crippen LogP contribution in [0.3, 0.4) is 0 Å². The van der Waals surface area contributed by atoms with E-state index in [9.17, 15) is 0 Å². The fraction of sp³-hybridized carbons (Fsp3) is 0.182. The van der Waals surface area contributed by atoms with Crippen LogP contribution >= 0.6 is 0 Å². The zero-order chi connectivity index (χ0) is 8.81. The molecule has 0 saturated heterocycles. The molecular weight excluding hydrogens is 146 g/mol. The summed E-state index contributed by atoms with van der Waals surface area (Å²) in [6.45, 7) is 4.00. The van der Waals surface area contributed by atoms with Gasteiger partial charge >= 0.3 is 0 Å². The molecule has 0 saturated carbocycles. The fourth-order valence-corrected chi connectivity index (χ4v) is 1.07. The Kier molecular flexibility index (Phi) is 3.27. The second-order valence-corrected chi connectivity index (χ2v) is 2.27. The van der Waals surface area contributed by atoms with Gasteiger partial charge in [0.1, 0.15) is 0 Å². The number of benzene rings is 1. The van der Waals surface area contributed by atoms with E-state index in [4.69, 9.17) is 0 Å². The maximum absolute atomic E-state index is 3.04. The highest BCUT2D eigenvalue weighted by molar-refractivity contribution is 5.80. The van der Waals surface area contributed by atoms with Crippen molar-refractivity contribution in [3.8, 4) is 0 Å². The van der Waals surface area contributed by atoms with Crippen LogP contribution in [0, 0.1) is 0 Å². The summed E-state index contributed by atoms with van der Waals surface area (Å²) in [5.74, 6) is 0. The van der Waals surface area contributed by atoms with Crippen molar-refractivity contribution in [3.05, 3.63) is 42.7 Å². The predicted molar refractivity (Wildman–Crippen MR) is 51.9 cm³/mol. The normalized spacial score (nSPS) is 8.83. The highest BCUT2D eigenvalue weighted by atomic mass is 14.6. The summed E-state index contributed by atoms with van der Waals surface area (Å²) in [6.07, 6.45) is 3.93. The molecule has 1 aromatic heterocycles. The predicted octanol–water partition coefficient (Wildman–Crippen LogP) is 2.68. The first kappa shape index (κ1) is 8.72. The van der Waals surface area contributed by atoms with E-state index in [-0.39, 0.29) is 0 Å². The van der Waals surface area contributed by atoms with Gasteiger partial charge in [-0.3, -0.25) is 0 Å². The van der Waals surface area contributed by atoms with E-state index < -0.39 is 0 Å². The Balaban J connectivity index is 0.000000336. The van der Waals surface area contributed by atoms with Gasteiger partial charge in [-0.15, -0.1) is 0 Å². The Hall–Kier alpha value is -1.37. The van der Waals surface area contributed by atoms with Crippen molar-refractivity contribution in [2.75, 3.05) is 0 Å². The maximum Gasteiger partial charge on any atom is 0.174 e. The second-order valence-electron chi connectivity index (χ2n) is 2.27. The van der Waals surface area contributed by atoms with E-state index in [0.29, 0.717) is 0 Å². The number of H-pyrrole nitrogens is 1. The van der Waals surface area contributed by atoms with Crippen LogP contribution in [0.15, 0.2) is 42.7 Å². The Morgan fingerprint density at radius 1 is 0.917 bits per heavy atom. The van der Waals surface area contributed by atoms with Crippen molar-refractivity contribution >= 4 is 10.8 Å². The number of aromatic nitrogens is 1. The third-order valence-corrected chi connectivity index (χ3v) is 1.59. The van der Waals surface area contributed by atoms with Gasteiger partial charge in [-0.05, 0) is 11.5 Å². The van der Waals surface area contributed by atoms with E-state index in [1.165, 1.54) is 10.8 Å². The maximum atomic E-state index is 3.04. The van der Waals surface area contributed by atoms with E-state index in [1.807, 2.05) is 38.4 Å². The first-order valence-electron chi connectivity index (χ1n) is 4.32. The molecule has 0 amide bonds. The van der Waals surface area contributed by atoms with Crippen LogP contribution in [-0.2, 0) is 0 Å². The first-order valence-corrected chi connectivity index (χ1v) is 4.32. The smallest absolute Gasteiger partial charge is 0.174 e. The quantitative estimate of drug-likeness (QED) is 0.562. The lowest BCUT2D eigenvalue weighted by atomic mass is 10.2. The van der Waals surface area contributed by atoms with Crippen molar-refractivity contribution in [1.29, 1.82) is 0 Å². The number of hydrogen-bond acceptors (Lipinski definition) is 0. The largest absolute Gasteiger partial charge is 0.217 e. The van der Waals surface area contributed by atoms with E-state index >= 15 is 0 Å². The Morgan fingerprint density at radius 2 is 1.58 bits per heavy atom. The molecule has 0 fully saturated rings. The van der Waals surface area contributed by atoms with Gasteiger partial charge in [0.15, 0.2) is 12.4 Å². The highest BCUT2D eigenvalue weighted by Crippen LogP contribution is 2.08. The van der Waals surface area contributed by atoms with Crippen molar-refractivity contribution in [1.82, 2.24) is 0 Å². The topological polar surface area (TPSA) is 14.1 Å². The molecule has 1 N–H and O–H groups in total. The number of fused-ring (bicyclic) bond motifs is 1. The molecule has 12 heavy (non-hydrogen) atoms. The Bertz CT molecular complexity index is 276. The lowest BCUT2D eigenvalue weighted by Gasteiger charge is -1.88. The van der Waals surface area contributed by atoms with Gasteiger partial charge in [-0.25, -0.2) is 4.98 Å². The van der Waals surface area contributed by atoms with Gasteiger partial charge in [-0.2, -0.15) is 0 Å². The van der Waals surface area contributed by atoms with Gasteiger partial charge in [0.25, 0.3) is 0 Å². The van der Waals surface area contributed by atoms with Gasteiger partial charge in [0.05, 0.1) is 0 Å². The summed E-state index contributed by atoms with van der Waals surface area (Å²) in [5.41, 5.74) is 0. The molecule has 1 nitrogen and oxygen atoms in total. The summed E-state index contributed by atoms with van der Waals surface area (Å²) in [7, 11) is 0. The van der Waals surface area contributed by atoms with Gasteiger partial charge in [0, 0.05) is 11.5 Å². The van der Waals surface area contributed by atoms with E-state index in [2.05, 4.69) is 23.2 Å². The van der Waals surface area contributed by atoms with Crippen molar-refractivity contribution < 1.29 is 4.98 Å². The molecule has 0 aliphatic rings. The molecule has 0 bridgehead atoms. The summed E-state index contributed by atoms with van der Waals surface area (Å²) in [4.78, 5) is 3.04. The first-order chi connectivity index (χ1) is 5.97.